The predicted molar refractivity (Wildman–Crippen MR) is 111 cm³/mol. The molecule has 2 aromatic rings. The van der Waals surface area contributed by atoms with Gasteiger partial charge in [-0.2, -0.15) is 0 Å². The molecule has 0 aromatic heterocycles. The maximum absolute atomic E-state index is 13.3. The van der Waals surface area contributed by atoms with Crippen molar-refractivity contribution >= 4 is 17.5 Å². The van der Waals surface area contributed by atoms with E-state index >= 15 is 0 Å². The van der Waals surface area contributed by atoms with Crippen LogP contribution in [0.15, 0.2) is 48.5 Å². The Morgan fingerprint density at radius 2 is 1.67 bits per heavy atom. The van der Waals surface area contributed by atoms with Crippen LogP contribution in [0, 0.1) is 17.0 Å². The Balaban J connectivity index is 1.36. The normalized spacial score (nSPS) is 18.7. The van der Waals surface area contributed by atoms with Crippen LogP contribution in [0.2, 0.25) is 0 Å². The van der Waals surface area contributed by atoms with E-state index in [0.717, 1.165) is 24.1 Å². The molecule has 0 N–H and O–H groups in total. The summed E-state index contributed by atoms with van der Waals surface area (Å²) in [6.45, 7) is 1.76. The minimum absolute atomic E-state index is 0.0489. The van der Waals surface area contributed by atoms with Gasteiger partial charge in [-0.05, 0) is 74.1 Å². The van der Waals surface area contributed by atoms with Gasteiger partial charge in [0.2, 0.25) is 11.8 Å². The van der Waals surface area contributed by atoms with Crippen LogP contribution in [0.25, 0.3) is 0 Å². The molecule has 30 heavy (non-hydrogen) atoms. The largest absolute Gasteiger partial charge is 0.343 e. The molecule has 2 saturated heterocycles. The van der Waals surface area contributed by atoms with E-state index in [1.54, 1.807) is 23.1 Å². The van der Waals surface area contributed by atoms with Gasteiger partial charge < -0.3 is 9.80 Å². The van der Waals surface area contributed by atoms with E-state index in [9.17, 15) is 18.4 Å². The lowest BCUT2D eigenvalue weighted by molar-refractivity contribution is -0.140. The first-order valence-corrected chi connectivity index (χ1v) is 10.6. The van der Waals surface area contributed by atoms with Crippen molar-refractivity contribution in [2.75, 3.05) is 24.5 Å². The van der Waals surface area contributed by atoms with Gasteiger partial charge in [0.15, 0.2) is 0 Å². The van der Waals surface area contributed by atoms with Gasteiger partial charge in [0, 0.05) is 31.7 Å². The minimum atomic E-state index is -0.439. The molecule has 1 spiro atoms. The molecule has 158 valence electrons. The summed E-state index contributed by atoms with van der Waals surface area (Å²) in [6, 6.07) is 12.4. The Morgan fingerprint density at radius 1 is 0.933 bits per heavy atom. The Morgan fingerprint density at radius 3 is 2.37 bits per heavy atom. The quantitative estimate of drug-likeness (QED) is 0.750. The number of aryl methyl sites for hydroxylation is 1. The highest BCUT2D eigenvalue weighted by atomic mass is 19.1. The number of piperidine rings is 2. The van der Waals surface area contributed by atoms with E-state index in [1.165, 1.54) is 24.3 Å². The fourth-order valence-electron chi connectivity index (χ4n) is 4.69. The second kappa shape index (κ2) is 8.54. The average Bonchev–Trinajstić information content (AvgIpc) is 2.75. The highest BCUT2D eigenvalue weighted by molar-refractivity contribution is 5.98. The second-order valence-corrected chi connectivity index (χ2v) is 8.33. The zero-order chi connectivity index (χ0) is 21.1. The number of likely N-dealkylation sites (tertiary alicyclic amines) is 1. The molecule has 6 heteroatoms. The molecule has 0 atom stereocenters. The molecular weight excluding hydrogens is 386 g/mol. The van der Waals surface area contributed by atoms with Crippen molar-refractivity contribution in [3.05, 3.63) is 65.7 Å². The fraction of sp³-hybridized carbons (Fsp3) is 0.417. The first-order valence-electron chi connectivity index (χ1n) is 10.6. The number of rotatable bonds is 4. The fourth-order valence-corrected chi connectivity index (χ4v) is 4.69. The summed E-state index contributed by atoms with van der Waals surface area (Å²) in [6.07, 6.45) is 3.87. The van der Waals surface area contributed by atoms with Gasteiger partial charge in [-0.25, -0.2) is 8.78 Å². The number of halogens is 2. The first kappa shape index (κ1) is 20.5. The number of benzene rings is 2. The Labute approximate surface area is 175 Å². The second-order valence-electron chi connectivity index (χ2n) is 8.33. The molecule has 0 bridgehead atoms. The molecule has 2 aromatic carbocycles. The summed E-state index contributed by atoms with van der Waals surface area (Å²) in [5, 5.41) is 0. The van der Waals surface area contributed by atoms with E-state index < -0.39 is 5.41 Å². The van der Waals surface area contributed by atoms with Gasteiger partial charge in [-0.15, -0.1) is 0 Å². The molecule has 0 radical (unpaired) electrons. The Bertz CT molecular complexity index is 921. The molecular formula is C24H26F2N2O2. The third kappa shape index (κ3) is 4.23. The highest BCUT2D eigenvalue weighted by Gasteiger charge is 2.46. The Kier molecular flexibility index (Phi) is 5.84. The first-order chi connectivity index (χ1) is 14.5. The molecule has 4 rings (SSSR count). The van der Waals surface area contributed by atoms with Gasteiger partial charge in [-0.3, -0.25) is 9.59 Å². The number of carbonyl (C=O) groups excluding carboxylic acids is 2. The van der Waals surface area contributed by atoms with Crippen molar-refractivity contribution in [3.63, 3.8) is 0 Å². The minimum Gasteiger partial charge on any atom is -0.343 e. The van der Waals surface area contributed by atoms with Gasteiger partial charge in [-0.1, -0.05) is 12.1 Å². The van der Waals surface area contributed by atoms with Crippen LogP contribution >= 0.6 is 0 Å². The maximum Gasteiger partial charge on any atom is 0.233 e. The summed E-state index contributed by atoms with van der Waals surface area (Å²) in [5.74, 6) is -0.468. The molecule has 0 aliphatic carbocycles. The molecule has 0 unspecified atom stereocenters. The molecule has 2 heterocycles. The highest BCUT2D eigenvalue weighted by Crippen LogP contribution is 2.42. The molecule has 0 saturated carbocycles. The van der Waals surface area contributed by atoms with E-state index in [0.29, 0.717) is 45.3 Å². The number of hydrogen-bond donors (Lipinski definition) is 0. The lowest BCUT2D eigenvalue weighted by Gasteiger charge is -2.46. The standard InChI is InChI=1S/C24H26F2N2O2/c25-19-6-8-21(9-7-19)28-14-2-11-24(23(28)30)12-15-27(16-13-24)22(29)10-5-18-3-1-4-20(26)17-18/h1,3-4,6-9,17H,2,5,10-16H2. The van der Waals surface area contributed by atoms with E-state index in [2.05, 4.69) is 0 Å². The Hall–Kier alpha value is -2.76. The van der Waals surface area contributed by atoms with Crippen LogP contribution in [-0.4, -0.2) is 36.3 Å². The summed E-state index contributed by atoms with van der Waals surface area (Å²) < 4.78 is 26.6. The van der Waals surface area contributed by atoms with Crippen LogP contribution in [0.4, 0.5) is 14.5 Å². The van der Waals surface area contributed by atoms with Gasteiger partial charge in [0.25, 0.3) is 0 Å². The third-order valence-electron chi connectivity index (χ3n) is 6.46. The van der Waals surface area contributed by atoms with E-state index in [4.69, 9.17) is 0 Å². The SMILES string of the molecule is O=C(CCc1cccc(F)c1)N1CCC2(CCCN(c3ccc(F)cc3)C2=O)CC1. The molecule has 4 nitrogen and oxygen atoms in total. The lowest BCUT2D eigenvalue weighted by atomic mass is 9.71. The van der Waals surface area contributed by atoms with Crippen molar-refractivity contribution in [2.24, 2.45) is 5.41 Å². The van der Waals surface area contributed by atoms with E-state index in [-0.39, 0.29) is 23.4 Å². The summed E-state index contributed by atoms with van der Waals surface area (Å²) in [4.78, 5) is 29.5. The van der Waals surface area contributed by atoms with Gasteiger partial charge in [0.05, 0.1) is 5.41 Å². The number of carbonyl (C=O) groups is 2. The molecule has 2 fully saturated rings. The summed E-state index contributed by atoms with van der Waals surface area (Å²) in [7, 11) is 0. The molecule has 2 amide bonds. The average molecular weight is 412 g/mol. The van der Waals surface area contributed by atoms with Crippen LogP contribution in [0.3, 0.4) is 0 Å². The van der Waals surface area contributed by atoms with Crippen LogP contribution in [0.1, 0.15) is 37.7 Å². The van der Waals surface area contributed by atoms with Crippen molar-refractivity contribution in [2.45, 2.75) is 38.5 Å². The predicted octanol–water partition coefficient (Wildman–Crippen LogP) is 4.33. The van der Waals surface area contributed by atoms with Crippen LogP contribution < -0.4 is 4.90 Å². The maximum atomic E-state index is 13.3. The van der Waals surface area contributed by atoms with Gasteiger partial charge in [0.1, 0.15) is 11.6 Å². The number of amides is 2. The number of nitrogens with zero attached hydrogens (tertiary/aromatic N) is 2. The van der Waals surface area contributed by atoms with Crippen molar-refractivity contribution in [3.8, 4) is 0 Å². The zero-order valence-electron chi connectivity index (χ0n) is 16.9. The monoisotopic (exact) mass is 412 g/mol. The van der Waals surface area contributed by atoms with E-state index in [1.807, 2.05) is 11.0 Å². The van der Waals surface area contributed by atoms with Crippen LogP contribution in [-0.2, 0) is 16.0 Å². The number of anilines is 1. The van der Waals surface area contributed by atoms with Crippen molar-refractivity contribution < 1.29 is 18.4 Å². The van der Waals surface area contributed by atoms with Crippen LogP contribution in [0.5, 0.6) is 0 Å². The van der Waals surface area contributed by atoms with Gasteiger partial charge >= 0.3 is 0 Å². The van der Waals surface area contributed by atoms with Crippen molar-refractivity contribution in [1.29, 1.82) is 0 Å². The zero-order valence-corrected chi connectivity index (χ0v) is 16.9. The molecule has 2 aliphatic heterocycles. The topological polar surface area (TPSA) is 40.6 Å². The molecule has 2 aliphatic rings. The van der Waals surface area contributed by atoms with Crippen molar-refractivity contribution in [1.82, 2.24) is 4.90 Å². The third-order valence-corrected chi connectivity index (χ3v) is 6.46. The summed E-state index contributed by atoms with van der Waals surface area (Å²) in [5.41, 5.74) is 1.11. The summed E-state index contributed by atoms with van der Waals surface area (Å²) >= 11 is 0. The number of hydrogen-bond acceptors (Lipinski definition) is 2. The lowest BCUT2D eigenvalue weighted by Crippen LogP contribution is -2.54. The smallest absolute Gasteiger partial charge is 0.233 e.